The molecule has 0 atom stereocenters. The summed E-state index contributed by atoms with van der Waals surface area (Å²) in [7, 11) is 0. The van der Waals surface area contributed by atoms with Crippen molar-refractivity contribution in [2.75, 3.05) is 22.6 Å². The van der Waals surface area contributed by atoms with Crippen LogP contribution >= 0.6 is 0 Å². The summed E-state index contributed by atoms with van der Waals surface area (Å²) in [5, 5.41) is 9.42. The largest absolute Gasteiger partial charge is 0.494 e. The van der Waals surface area contributed by atoms with Gasteiger partial charge in [-0.15, -0.1) is 0 Å². The number of unbranched alkanes of at least 4 members (excludes halogenated alkanes) is 1. The second-order valence-electron chi connectivity index (χ2n) is 8.41. The molecule has 0 saturated carbocycles. The maximum Gasteiger partial charge on any atom is 0.255 e. The summed E-state index contributed by atoms with van der Waals surface area (Å²) in [4.78, 5) is 25.8. The van der Waals surface area contributed by atoms with Gasteiger partial charge in [0.1, 0.15) is 29.0 Å². The molecule has 1 amide bonds. The average Bonchev–Trinajstić information content (AvgIpc) is 2.85. The molecule has 0 bridgehead atoms. The lowest BCUT2D eigenvalue weighted by Crippen LogP contribution is -2.11. The lowest BCUT2D eigenvalue weighted by atomic mass is 10.2. The molecule has 0 aliphatic carbocycles. The monoisotopic (exact) mass is 482 g/mol. The highest BCUT2D eigenvalue weighted by Crippen LogP contribution is 2.22. The zero-order chi connectivity index (χ0) is 25.3. The van der Waals surface area contributed by atoms with Gasteiger partial charge in [-0.25, -0.2) is 15.0 Å². The molecule has 8 nitrogen and oxygen atoms in total. The van der Waals surface area contributed by atoms with E-state index in [1.54, 1.807) is 18.3 Å². The Morgan fingerprint density at radius 2 is 1.53 bits per heavy atom. The molecular weight excluding hydrogens is 452 g/mol. The van der Waals surface area contributed by atoms with Gasteiger partial charge in [-0.2, -0.15) is 0 Å². The zero-order valence-corrected chi connectivity index (χ0v) is 20.7. The molecule has 0 aliphatic rings. The maximum absolute atomic E-state index is 12.6. The Morgan fingerprint density at radius 3 is 2.22 bits per heavy atom. The Bertz CT molecular complexity index is 1310. The fraction of sp³-hybridized carbons (Fsp3) is 0.214. The van der Waals surface area contributed by atoms with Crippen LogP contribution in [0.1, 0.15) is 41.5 Å². The van der Waals surface area contributed by atoms with Crippen LogP contribution in [0, 0.1) is 13.8 Å². The van der Waals surface area contributed by atoms with Gasteiger partial charge in [0.25, 0.3) is 5.91 Å². The molecule has 0 saturated heterocycles. The van der Waals surface area contributed by atoms with Crippen LogP contribution in [0.3, 0.4) is 0 Å². The van der Waals surface area contributed by atoms with Gasteiger partial charge in [0.2, 0.25) is 0 Å². The van der Waals surface area contributed by atoms with E-state index in [4.69, 9.17) is 4.74 Å². The Labute approximate surface area is 211 Å². The minimum absolute atomic E-state index is 0.178. The molecule has 0 spiro atoms. The van der Waals surface area contributed by atoms with E-state index in [0.29, 0.717) is 35.3 Å². The Hall–Kier alpha value is -4.46. The third-order valence-corrected chi connectivity index (χ3v) is 5.31. The minimum Gasteiger partial charge on any atom is -0.494 e. The fourth-order valence-corrected chi connectivity index (χ4v) is 3.46. The number of carbonyl (C=O) groups excluding carboxylic acids is 1. The first-order valence-electron chi connectivity index (χ1n) is 11.9. The van der Waals surface area contributed by atoms with Crippen LogP contribution in [0.25, 0.3) is 0 Å². The van der Waals surface area contributed by atoms with Crippen LogP contribution in [-0.4, -0.2) is 27.5 Å². The third kappa shape index (κ3) is 7.02. The highest BCUT2D eigenvalue weighted by atomic mass is 16.5. The van der Waals surface area contributed by atoms with E-state index in [9.17, 15) is 4.79 Å². The van der Waals surface area contributed by atoms with E-state index >= 15 is 0 Å². The normalized spacial score (nSPS) is 10.5. The second kappa shape index (κ2) is 11.8. The predicted octanol–water partition coefficient (Wildman–Crippen LogP) is 6.41. The van der Waals surface area contributed by atoms with Gasteiger partial charge < -0.3 is 20.7 Å². The van der Waals surface area contributed by atoms with Crippen molar-refractivity contribution in [1.29, 1.82) is 0 Å². The van der Waals surface area contributed by atoms with Gasteiger partial charge in [0.05, 0.1) is 6.61 Å². The fourth-order valence-electron chi connectivity index (χ4n) is 3.46. The lowest BCUT2D eigenvalue weighted by Gasteiger charge is -2.11. The quantitative estimate of drug-likeness (QED) is 0.225. The van der Waals surface area contributed by atoms with Gasteiger partial charge in [-0.3, -0.25) is 4.79 Å². The van der Waals surface area contributed by atoms with Crippen LogP contribution in [0.2, 0.25) is 0 Å². The molecule has 2 aromatic heterocycles. The zero-order valence-electron chi connectivity index (χ0n) is 20.7. The Balaban J connectivity index is 1.36. The van der Waals surface area contributed by atoms with Gasteiger partial charge in [-0.1, -0.05) is 13.3 Å². The molecule has 4 aromatic rings. The highest BCUT2D eigenvalue weighted by molar-refractivity contribution is 6.04. The number of hydrogen-bond acceptors (Lipinski definition) is 7. The molecule has 0 aliphatic heterocycles. The summed E-state index contributed by atoms with van der Waals surface area (Å²) in [5.41, 5.74) is 3.21. The third-order valence-electron chi connectivity index (χ3n) is 5.31. The van der Waals surface area contributed by atoms with Crippen molar-refractivity contribution in [2.45, 2.75) is 33.6 Å². The number of aryl methyl sites for hydroxylation is 2. The van der Waals surface area contributed by atoms with Crippen molar-refractivity contribution >= 4 is 34.7 Å². The number of rotatable bonds is 10. The van der Waals surface area contributed by atoms with E-state index in [1.807, 2.05) is 68.4 Å². The first-order valence-corrected chi connectivity index (χ1v) is 11.9. The topological polar surface area (TPSA) is 101 Å². The first-order chi connectivity index (χ1) is 17.5. The number of ether oxygens (including phenoxy) is 1. The first kappa shape index (κ1) is 24.7. The summed E-state index contributed by atoms with van der Waals surface area (Å²) in [6, 6.07) is 20.3. The molecule has 0 unspecified atom stereocenters. The van der Waals surface area contributed by atoms with Crippen molar-refractivity contribution in [2.24, 2.45) is 0 Å². The summed E-state index contributed by atoms with van der Waals surface area (Å²) in [6.45, 7) is 6.65. The minimum atomic E-state index is -0.178. The average molecular weight is 483 g/mol. The molecule has 8 heteroatoms. The SMILES string of the molecule is CCCCOc1ccc(C(=O)Nc2ccc(Nc3cc(Nc4cc(C)ccn4)nc(C)n3)cc2)cc1. The standard InChI is InChI=1S/C28H30N6O2/c1-4-5-16-36-24-12-6-21(7-13-24)28(35)33-23-10-8-22(9-11-23)32-26-18-27(31-20(3)30-26)34-25-17-19(2)14-15-29-25/h6-15,17-18H,4-5,16H2,1-3H3,(H,33,35)(H2,29,30,31,32,34). The molecule has 36 heavy (non-hydrogen) atoms. The molecule has 2 heterocycles. The van der Waals surface area contributed by atoms with E-state index in [1.165, 1.54) is 0 Å². The van der Waals surface area contributed by atoms with Crippen LogP contribution in [0.15, 0.2) is 72.9 Å². The van der Waals surface area contributed by atoms with E-state index in [2.05, 4.69) is 37.8 Å². The van der Waals surface area contributed by atoms with Crippen molar-refractivity contribution in [3.8, 4) is 5.75 Å². The summed E-state index contributed by atoms with van der Waals surface area (Å²) in [6.07, 6.45) is 3.84. The number of nitrogens with one attached hydrogen (secondary N) is 3. The smallest absolute Gasteiger partial charge is 0.255 e. The van der Waals surface area contributed by atoms with E-state index in [-0.39, 0.29) is 5.91 Å². The summed E-state index contributed by atoms with van der Waals surface area (Å²) >= 11 is 0. The van der Waals surface area contributed by atoms with Crippen molar-refractivity contribution in [3.63, 3.8) is 0 Å². The summed E-state index contributed by atoms with van der Waals surface area (Å²) in [5.74, 6) is 3.23. The molecule has 0 fully saturated rings. The van der Waals surface area contributed by atoms with Crippen molar-refractivity contribution in [1.82, 2.24) is 15.0 Å². The molecule has 2 aromatic carbocycles. The maximum atomic E-state index is 12.6. The van der Waals surface area contributed by atoms with Crippen LogP contribution in [0.5, 0.6) is 5.75 Å². The highest BCUT2D eigenvalue weighted by Gasteiger charge is 2.08. The number of amides is 1. The Morgan fingerprint density at radius 1 is 0.833 bits per heavy atom. The van der Waals surface area contributed by atoms with Gasteiger partial charge in [0.15, 0.2) is 0 Å². The number of aromatic nitrogens is 3. The van der Waals surface area contributed by atoms with Crippen LogP contribution in [-0.2, 0) is 0 Å². The van der Waals surface area contributed by atoms with E-state index < -0.39 is 0 Å². The molecular formula is C28H30N6O2. The van der Waals surface area contributed by atoms with Gasteiger partial charge >= 0.3 is 0 Å². The van der Waals surface area contributed by atoms with Crippen LogP contribution < -0.4 is 20.7 Å². The van der Waals surface area contributed by atoms with Crippen molar-refractivity contribution in [3.05, 3.63) is 89.9 Å². The van der Waals surface area contributed by atoms with E-state index in [0.717, 1.165) is 35.7 Å². The number of nitrogens with zero attached hydrogens (tertiary/aromatic N) is 3. The molecule has 4 rings (SSSR count). The molecule has 0 radical (unpaired) electrons. The number of pyridine rings is 1. The van der Waals surface area contributed by atoms with Gasteiger partial charge in [0, 0.05) is 29.2 Å². The number of carbonyl (C=O) groups is 1. The van der Waals surface area contributed by atoms with Gasteiger partial charge in [-0.05, 0) is 86.5 Å². The molecule has 3 N–H and O–H groups in total. The number of hydrogen-bond donors (Lipinski definition) is 3. The predicted molar refractivity (Wildman–Crippen MR) is 144 cm³/mol. The number of anilines is 5. The van der Waals surface area contributed by atoms with Crippen LogP contribution in [0.4, 0.5) is 28.8 Å². The second-order valence-corrected chi connectivity index (χ2v) is 8.41. The lowest BCUT2D eigenvalue weighted by molar-refractivity contribution is 0.102. The summed E-state index contributed by atoms with van der Waals surface area (Å²) < 4.78 is 5.66. The Kier molecular flexibility index (Phi) is 8.08. The number of benzene rings is 2. The van der Waals surface area contributed by atoms with Crippen molar-refractivity contribution < 1.29 is 9.53 Å². The molecule has 184 valence electrons.